The van der Waals surface area contributed by atoms with Crippen molar-refractivity contribution in [2.75, 3.05) is 20.0 Å². The third kappa shape index (κ3) is 2.25. The third-order valence-electron chi connectivity index (χ3n) is 2.91. The van der Waals surface area contributed by atoms with E-state index in [1.807, 2.05) is 43.3 Å². The first-order valence-corrected chi connectivity index (χ1v) is 5.74. The smallest absolute Gasteiger partial charge is 0.130 e. The van der Waals surface area contributed by atoms with E-state index in [4.69, 9.17) is 15.2 Å². The number of rotatable bonds is 3. The summed E-state index contributed by atoms with van der Waals surface area (Å²) < 4.78 is 10.6. The van der Waals surface area contributed by atoms with Gasteiger partial charge in [-0.15, -0.1) is 0 Å². The number of nitrogen functional groups attached to an aromatic ring is 1. The second-order valence-electron chi connectivity index (χ2n) is 4.16. The number of hydrogen-bond acceptors (Lipinski definition) is 3. The van der Waals surface area contributed by atoms with Crippen molar-refractivity contribution in [2.45, 2.75) is 6.92 Å². The maximum absolute atomic E-state index is 6.06. The Kier molecular flexibility index (Phi) is 3.42. The Bertz CT molecular complexity index is 564. The summed E-state index contributed by atoms with van der Waals surface area (Å²) in [5, 5.41) is 0. The zero-order chi connectivity index (χ0) is 13.1. The first-order valence-electron chi connectivity index (χ1n) is 5.74. The van der Waals surface area contributed by atoms with Crippen LogP contribution in [0.3, 0.4) is 0 Å². The molecule has 2 aromatic rings. The topological polar surface area (TPSA) is 44.5 Å². The highest BCUT2D eigenvalue weighted by molar-refractivity contribution is 5.81. The molecule has 0 radical (unpaired) electrons. The molecule has 0 fully saturated rings. The number of nitrogens with two attached hydrogens (primary N) is 1. The van der Waals surface area contributed by atoms with Gasteiger partial charge in [-0.1, -0.05) is 12.1 Å². The van der Waals surface area contributed by atoms with Crippen LogP contribution in [-0.4, -0.2) is 14.2 Å². The minimum atomic E-state index is 0.749. The van der Waals surface area contributed by atoms with Crippen LogP contribution in [0.15, 0.2) is 36.4 Å². The maximum Gasteiger partial charge on any atom is 0.130 e. The SMILES string of the molecule is COc1ccc(-c2ccc(C)cc2N)c(OC)c1. The minimum absolute atomic E-state index is 0.749. The summed E-state index contributed by atoms with van der Waals surface area (Å²) in [4.78, 5) is 0. The van der Waals surface area contributed by atoms with Gasteiger partial charge in [0.15, 0.2) is 0 Å². The van der Waals surface area contributed by atoms with Crippen LogP contribution in [0.4, 0.5) is 5.69 Å². The Labute approximate surface area is 107 Å². The molecule has 0 saturated heterocycles. The van der Waals surface area contributed by atoms with E-state index >= 15 is 0 Å². The lowest BCUT2D eigenvalue weighted by Gasteiger charge is -2.12. The molecule has 18 heavy (non-hydrogen) atoms. The summed E-state index contributed by atoms with van der Waals surface area (Å²) in [6.07, 6.45) is 0. The molecular formula is C15H17NO2. The van der Waals surface area contributed by atoms with Crippen LogP contribution in [-0.2, 0) is 0 Å². The molecule has 3 heteroatoms. The number of anilines is 1. The van der Waals surface area contributed by atoms with Gasteiger partial charge in [-0.3, -0.25) is 0 Å². The van der Waals surface area contributed by atoms with E-state index in [0.29, 0.717) is 0 Å². The Hall–Kier alpha value is -2.16. The highest BCUT2D eigenvalue weighted by Gasteiger charge is 2.10. The summed E-state index contributed by atoms with van der Waals surface area (Å²) in [7, 11) is 3.28. The molecule has 0 aliphatic heterocycles. The first kappa shape index (κ1) is 12.3. The average molecular weight is 243 g/mol. The molecule has 2 rings (SSSR count). The van der Waals surface area contributed by atoms with E-state index < -0.39 is 0 Å². The van der Waals surface area contributed by atoms with E-state index in [0.717, 1.165) is 33.9 Å². The molecule has 94 valence electrons. The number of hydrogen-bond donors (Lipinski definition) is 1. The van der Waals surface area contributed by atoms with Crippen molar-refractivity contribution >= 4 is 5.69 Å². The van der Waals surface area contributed by atoms with Crippen molar-refractivity contribution in [2.24, 2.45) is 0 Å². The highest BCUT2D eigenvalue weighted by Crippen LogP contribution is 2.36. The monoisotopic (exact) mass is 243 g/mol. The van der Waals surface area contributed by atoms with Crippen LogP contribution >= 0.6 is 0 Å². The van der Waals surface area contributed by atoms with Crippen LogP contribution in [0, 0.1) is 6.92 Å². The van der Waals surface area contributed by atoms with Crippen LogP contribution in [0.2, 0.25) is 0 Å². The summed E-state index contributed by atoms with van der Waals surface area (Å²) in [5.41, 5.74) is 9.89. The Morgan fingerprint density at radius 2 is 1.61 bits per heavy atom. The normalized spacial score (nSPS) is 10.2. The zero-order valence-corrected chi connectivity index (χ0v) is 10.9. The Morgan fingerprint density at radius 3 is 2.22 bits per heavy atom. The minimum Gasteiger partial charge on any atom is -0.497 e. The molecule has 0 aliphatic carbocycles. The third-order valence-corrected chi connectivity index (χ3v) is 2.91. The van der Waals surface area contributed by atoms with Crippen LogP contribution in [0.5, 0.6) is 11.5 Å². The number of aryl methyl sites for hydroxylation is 1. The summed E-state index contributed by atoms with van der Waals surface area (Å²) in [6.45, 7) is 2.02. The highest BCUT2D eigenvalue weighted by atomic mass is 16.5. The fourth-order valence-corrected chi connectivity index (χ4v) is 1.95. The van der Waals surface area contributed by atoms with E-state index in [2.05, 4.69) is 0 Å². The molecule has 3 nitrogen and oxygen atoms in total. The second-order valence-corrected chi connectivity index (χ2v) is 4.16. The molecular weight excluding hydrogens is 226 g/mol. The van der Waals surface area contributed by atoms with Crippen LogP contribution < -0.4 is 15.2 Å². The molecule has 0 saturated carbocycles. The molecule has 0 atom stereocenters. The summed E-state index contributed by atoms with van der Waals surface area (Å²) in [6, 6.07) is 11.7. The first-order chi connectivity index (χ1) is 8.65. The molecule has 0 bridgehead atoms. The quantitative estimate of drug-likeness (QED) is 0.841. The van der Waals surface area contributed by atoms with Crippen molar-refractivity contribution < 1.29 is 9.47 Å². The number of methoxy groups -OCH3 is 2. The lowest BCUT2D eigenvalue weighted by atomic mass is 10.0. The lowest BCUT2D eigenvalue weighted by molar-refractivity contribution is 0.395. The van der Waals surface area contributed by atoms with Gasteiger partial charge in [0.25, 0.3) is 0 Å². The van der Waals surface area contributed by atoms with E-state index in [9.17, 15) is 0 Å². The van der Waals surface area contributed by atoms with Gasteiger partial charge >= 0.3 is 0 Å². The van der Waals surface area contributed by atoms with Crippen LogP contribution in [0.1, 0.15) is 5.56 Å². The number of benzene rings is 2. The molecule has 0 aliphatic rings. The van der Waals surface area contributed by atoms with Crippen LogP contribution in [0.25, 0.3) is 11.1 Å². The predicted molar refractivity (Wildman–Crippen MR) is 74.1 cm³/mol. The van der Waals surface area contributed by atoms with Gasteiger partial charge in [0.1, 0.15) is 11.5 Å². The predicted octanol–water partition coefficient (Wildman–Crippen LogP) is 3.26. The van der Waals surface area contributed by atoms with Gasteiger partial charge in [0.05, 0.1) is 14.2 Å². The molecule has 2 aromatic carbocycles. The van der Waals surface area contributed by atoms with Crippen molar-refractivity contribution in [3.05, 3.63) is 42.0 Å². The Morgan fingerprint density at radius 1 is 0.889 bits per heavy atom. The second kappa shape index (κ2) is 5.00. The van der Waals surface area contributed by atoms with Gasteiger partial charge < -0.3 is 15.2 Å². The maximum atomic E-state index is 6.06. The van der Waals surface area contributed by atoms with Gasteiger partial charge in [0, 0.05) is 22.9 Å². The zero-order valence-electron chi connectivity index (χ0n) is 10.9. The van der Waals surface area contributed by atoms with Crippen molar-refractivity contribution in [1.29, 1.82) is 0 Å². The average Bonchev–Trinajstić information content (AvgIpc) is 2.38. The molecule has 0 spiro atoms. The summed E-state index contributed by atoms with van der Waals surface area (Å²) in [5.74, 6) is 1.52. The molecule has 0 aromatic heterocycles. The number of ether oxygens (including phenoxy) is 2. The van der Waals surface area contributed by atoms with Gasteiger partial charge in [-0.2, -0.15) is 0 Å². The van der Waals surface area contributed by atoms with Gasteiger partial charge in [-0.25, -0.2) is 0 Å². The fourth-order valence-electron chi connectivity index (χ4n) is 1.95. The van der Waals surface area contributed by atoms with Crippen molar-refractivity contribution in [3.8, 4) is 22.6 Å². The van der Waals surface area contributed by atoms with Gasteiger partial charge in [0.2, 0.25) is 0 Å². The Balaban J connectivity index is 2.56. The standard InChI is InChI=1S/C15H17NO2/c1-10-4-6-12(14(16)8-10)13-7-5-11(17-2)9-15(13)18-3/h4-9H,16H2,1-3H3. The molecule has 0 amide bonds. The van der Waals surface area contributed by atoms with E-state index in [1.165, 1.54) is 0 Å². The largest absolute Gasteiger partial charge is 0.497 e. The molecule has 0 unspecified atom stereocenters. The van der Waals surface area contributed by atoms with Gasteiger partial charge in [-0.05, 0) is 30.7 Å². The van der Waals surface area contributed by atoms with Crippen molar-refractivity contribution in [3.63, 3.8) is 0 Å². The summed E-state index contributed by atoms with van der Waals surface area (Å²) >= 11 is 0. The fraction of sp³-hybridized carbons (Fsp3) is 0.200. The lowest BCUT2D eigenvalue weighted by Crippen LogP contribution is -1.94. The van der Waals surface area contributed by atoms with E-state index in [-0.39, 0.29) is 0 Å². The molecule has 2 N–H and O–H groups in total. The molecule has 0 heterocycles. The van der Waals surface area contributed by atoms with Crippen molar-refractivity contribution in [1.82, 2.24) is 0 Å². The van der Waals surface area contributed by atoms with E-state index in [1.54, 1.807) is 14.2 Å².